The van der Waals surface area contributed by atoms with Crippen molar-refractivity contribution in [3.8, 4) is 34.5 Å². The van der Waals surface area contributed by atoms with Gasteiger partial charge in [-0.2, -0.15) is 0 Å². The molecule has 0 spiro atoms. The van der Waals surface area contributed by atoms with Crippen LogP contribution in [0.5, 0.6) is 34.5 Å². The van der Waals surface area contributed by atoms with Crippen LogP contribution in [0.1, 0.15) is 17.2 Å². The maximum Gasteiger partial charge on any atom is 0.228 e. The zero-order valence-electron chi connectivity index (χ0n) is 16.7. The Morgan fingerprint density at radius 3 is 2.41 bits per heavy atom. The van der Waals surface area contributed by atoms with Crippen LogP contribution >= 0.6 is 0 Å². The van der Waals surface area contributed by atoms with Crippen LogP contribution in [0.2, 0.25) is 0 Å². The van der Waals surface area contributed by atoms with Crippen LogP contribution in [-0.2, 0) is 9.47 Å². The summed E-state index contributed by atoms with van der Waals surface area (Å²) in [6.45, 7) is -0.300. The summed E-state index contributed by atoms with van der Waals surface area (Å²) in [4.78, 5) is 0. The molecule has 1 unspecified atom stereocenters. The van der Waals surface area contributed by atoms with Gasteiger partial charge in [0.05, 0.1) is 19.3 Å². The Hall–Kier alpha value is -3.38. The van der Waals surface area contributed by atoms with Crippen molar-refractivity contribution in [2.24, 2.45) is 0 Å². The minimum atomic E-state index is -1.60. The molecule has 172 valence electrons. The number of ether oxygens (including phenoxy) is 4. The number of fused-ring (bicyclic) bond motifs is 1. The fourth-order valence-corrected chi connectivity index (χ4v) is 3.51. The van der Waals surface area contributed by atoms with Gasteiger partial charge in [0, 0.05) is 17.7 Å². The Labute approximate surface area is 181 Å². The van der Waals surface area contributed by atoms with Crippen molar-refractivity contribution >= 4 is 6.08 Å². The molecular formula is C21H22O11. The molecule has 2 aliphatic heterocycles. The first-order valence-electron chi connectivity index (χ1n) is 9.56. The summed E-state index contributed by atoms with van der Waals surface area (Å²) >= 11 is 0. The molecule has 1 saturated heterocycles. The van der Waals surface area contributed by atoms with E-state index in [-0.39, 0.29) is 46.5 Å². The van der Waals surface area contributed by atoms with Crippen molar-refractivity contribution < 1.29 is 54.7 Å². The molecule has 0 bridgehead atoms. The molecule has 4 rings (SSSR count). The van der Waals surface area contributed by atoms with Gasteiger partial charge >= 0.3 is 0 Å². The van der Waals surface area contributed by atoms with Gasteiger partial charge in [-0.25, -0.2) is 0 Å². The quantitative estimate of drug-likeness (QED) is 0.322. The predicted octanol–water partition coefficient (Wildman–Crippen LogP) is 0.448. The first kappa shape index (κ1) is 21.8. The number of benzene rings is 2. The Morgan fingerprint density at radius 2 is 1.69 bits per heavy atom. The normalized spacial score (nSPS) is 27.1. The Balaban J connectivity index is 1.77. The van der Waals surface area contributed by atoms with E-state index in [0.717, 1.165) is 6.07 Å². The predicted molar refractivity (Wildman–Crippen MR) is 106 cm³/mol. The summed E-state index contributed by atoms with van der Waals surface area (Å²) in [5.74, 6) is -1.53. The topological polar surface area (TPSA) is 179 Å². The average molecular weight is 450 g/mol. The molecule has 0 radical (unpaired) electrons. The van der Waals surface area contributed by atoms with Crippen molar-refractivity contribution in [2.75, 3.05) is 13.7 Å². The van der Waals surface area contributed by atoms with Gasteiger partial charge in [0.1, 0.15) is 41.3 Å². The van der Waals surface area contributed by atoms with Gasteiger partial charge in [0.15, 0.2) is 17.6 Å². The molecule has 0 aromatic heterocycles. The lowest BCUT2D eigenvalue weighted by molar-refractivity contribution is -0.261. The van der Waals surface area contributed by atoms with Crippen molar-refractivity contribution in [2.45, 2.75) is 30.7 Å². The zero-order valence-corrected chi connectivity index (χ0v) is 16.7. The second kappa shape index (κ2) is 8.28. The molecule has 2 heterocycles. The fraction of sp³-hybridized carbons (Fsp3) is 0.333. The minimum Gasteiger partial charge on any atom is -0.508 e. The third kappa shape index (κ3) is 3.82. The van der Waals surface area contributed by atoms with Gasteiger partial charge in [0.25, 0.3) is 0 Å². The molecule has 0 saturated carbocycles. The number of hydrogen-bond donors (Lipinski definition) is 7. The standard InChI is InChI=1S/C21H22O11/c1-29-15-3-8(2-12(24)17(15)26)20-16(32-21-19(28)18(27)13(25)7-30-21)6-10-11(23)4-9(22)5-14(10)31-20/h2-6,13,18-28H,7H2,1H3/t13-,18+,19-,20?,21-/m1/s1. The van der Waals surface area contributed by atoms with E-state index in [9.17, 15) is 35.7 Å². The molecule has 0 amide bonds. The van der Waals surface area contributed by atoms with Gasteiger partial charge in [-0.3, -0.25) is 0 Å². The molecule has 32 heavy (non-hydrogen) atoms. The summed E-state index contributed by atoms with van der Waals surface area (Å²) in [7, 11) is 1.29. The number of aliphatic hydroxyl groups excluding tert-OH is 3. The average Bonchev–Trinajstić information content (AvgIpc) is 2.75. The van der Waals surface area contributed by atoms with Crippen molar-refractivity contribution in [3.05, 3.63) is 41.2 Å². The van der Waals surface area contributed by atoms with E-state index in [2.05, 4.69) is 0 Å². The number of phenolic OH excluding ortho intramolecular Hbond substituents is 4. The van der Waals surface area contributed by atoms with E-state index in [1.165, 1.54) is 31.4 Å². The zero-order chi connectivity index (χ0) is 23.2. The van der Waals surface area contributed by atoms with Crippen LogP contribution < -0.4 is 9.47 Å². The third-order valence-corrected chi connectivity index (χ3v) is 5.20. The van der Waals surface area contributed by atoms with E-state index < -0.39 is 42.2 Å². The first-order valence-corrected chi connectivity index (χ1v) is 9.56. The number of aromatic hydroxyl groups is 4. The summed E-state index contributed by atoms with van der Waals surface area (Å²) in [5, 5.41) is 69.9. The molecule has 2 aromatic carbocycles. The Bertz CT molecular complexity index is 1050. The minimum absolute atomic E-state index is 0.00160. The molecular weight excluding hydrogens is 428 g/mol. The van der Waals surface area contributed by atoms with Crippen molar-refractivity contribution in [3.63, 3.8) is 0 Å². The van der Waals surface area contributed by atoms with Crippen LogP contribution in [0.25, 0.3) is 6.08 Å². The smallest absolute Gasteiger partial charge is 0.228 e. The van der Waals surface area contributed by atoms with Crippen molar-refractivity contribution in [1.82, 2.24) is 0 Å². The lowest BCUT2D eigenvalue weighted by atomic mass is 10.00. The number of aliphatic hydroxyl groups is 3. The fourth-order valence-electron chi connectivity index (χ4n) is 3.51. The summed E-state index contributed by atoms with van der Waals surface area (Å²) in [6, 6.07) is 4.93. The van der Waals surface area contributed by atoms with Crippen LogP contribution in [0, 0.1) is 0 Å². The molecule has 0 aliphatic carbocycles. The van der Waals surface area contributed by atoms with Gasteiger partial charge in [0.2, 0.25) is 12.0 Å². The highest BCUT2D eigenvalue weighted by molar-refractivity contribution is 5.70. The SMILES string of the molecule is COc1cc(C2Oc3cc(O)cc(O)c3C=C2O[C@H]2OC[C@@H](O)[C@H](O)[C@H]2O)cc(O)c1O. The summed E-state index contributed by atoms with van der Waals surface area (Å²) in [6.07, 6.45) is -5.54. The van der Waals surface area contributed by atoms with Gasteiger partial charge in [-0.1, -0.05) is 0 Å². The maximum atomic E-state index is 10.2. The van der Waals surface area contributed by atoms with Crippen molar-refractivity contribution in [1.29, 1.82) is 0 Å². The van der Waals surface area contributed by atoms with E-state index in [0.29, 0.717) is 0 Å². The highest BCUT2D eigenvalue weighted by Gasteiger charge is 2.41. The number of methoxy groups -OCH3 is 1. The number of rotatable bonds is 4. The molecule has 11 nitrogen and oxygen atoms in total. The summed E-state index contributed by atoms with van der Waals surface area (Å²) < 4.78 is 22.0. The van der Waals surface area contributed by atoms with Crippen LogP contribution in [-0.4, -0.2) is 74.1 Å². The van der Waals surface area contributed by atoms with E-state index >= 15 is 0 Å². The van der Waals surface area contributed by atoms with Gasteiger partial charge < -0.3 is 54.7 Å². The lowest BCUT2D eigenvalue weighted by Gasteiger charge is -2.37. The molecule has 1 fully saturated rings. The van der Waals surface area contributed by atoms with Crippen LogP contribution in [0.3, 0.4) is 0 Å². The monoisotopic (exact) mass is 450 g/mol. The maximum absolute atomic E-state index is 10.2. The van der Waals surface area contributed by atoms with E-state index in [1.54, 1.807) is 0 Å². The largest absolute Gasteiger partial charge is 0.508 e. The third-order valence-electron chi connectivity index (χ3n) is 5.20. The number of phenols is 4. The van der Waals surface area contributed by atoms with E-state index in [1.807, 2.05) is 0 Å². The second-order valence-corrected chi connectivity index (χ2v) is 7.38. The number of hydrogen-bond acceptors (Lipinski definition) is 11. The molecule has 2 aromatic rings. The first-order chi connectivity index (χ1) is 15.2. The lowest BCUT2D eigenvalue weighted by Crippen LogP contribution is -2.53. The highest BCUT2D eigenvalue weighted by atomic mass is 16.7. The van der Waals surface area contributed by atoms with Gasteiger partial charge in [-0.05, 0) is 18.2 Å². The van der Waals surface area contributed by atoms with E-state index in [4.69, 9.17) is 18.9 Å². The van der Waals surface area contributed by atoms with Crippen LogP contribution in [0.4, 0.5) is 0 Å². The molecule has 5 atom stereocenters. The highest BCUT2D eigenvalue weighted by Crippen LogP contribution is 2.46. The van der Waals surface area contributed by atoms with Crippen LogP contribution in [0.15, 0.2) is 30.0 Å². The second-order valence-electron chi connectivity index (χ2n) is 7.38. The molecule has 7 N–H and O–H groups in total. The Morgan fingerprint density at radius 1 is 0.938 bits per heavy atom. The molecule has 2 aliphatic rings. The summed E-state index contributed by atoms with van der Waals surface area (Å²) in [5.41, 5.74) is 0.415. The molecule has 11 heteroatoms. The Kier molecular flexibility index (Phi) is 5.65. The van der Waals surface area contributed by atoms with Gasteiger partial charge in [-0.15, -0.1) is 0 Å².